The Bertz CT molecular complexity index is 2190. The van der Waals surface area contributed by atoms with Crippen molar-refractivity contribution in [3.8, 4) is 0 Å². The molecular formula is C54H99Cl3Si10Ti. The first-order chi connectivity index (χ1) is 28.1. The Morgan fingerprint density at radius 2 is 0.441 bits per heavy atom. The molecule has 0 saturated carbocycles. The van der Waals surface area contributed by atoms with Gasteiger partial charge in [-0.3, -0.25) is 0 Å². The Kier molecular flexibility index (Phi) is 22.0. The maximum absolute atomic E-state index is 3.29. The van der Waals surface area contributed by atoms with E-state index in [9.17, 15) is 0 Å². The molecule has 14 heteroatoms. The summed E-state index contributed by atoms with van der Waals surface area (Å²) in [5.74, 6) is 0. The third-order valence-electron chi connectivity index (χ3n) is 14.7. The van der Waals surface area contributed by atoms with Crippen molar-refractivity contribution >= 4 is 148 Å². The van der Waals surface area contributed by atoms with Gasteiger partial charge in [0.2, 0.25) is 0 Å². The molecule has 380 valence electrons. The number of rotatable bonds is 13. The Morgan fingerprint density at radius 3 is 0.588 bits per heavy atom. The smallest absolute Gasteiger partial charge is 1.00 e. The Balaban J connectivity index is 0.0000112. The van der Waals surface area contributed by atoms with Crippen molar-refractivity contribution in [2.45, 2.75) is 204 Å². The van der Waals surface area contributed by atoms with E-state index in [2.05, 4.69) is 241 Å². The Labute approximate surface area is 465 Å². The average molecular weight is 1180 g/mol. The fourth-order valence-corrected chi connectivity index (χ4v) is 43.0. The molecule has 0 bridgehead atoms. The topological polar surface area (TPSA) is 0 Å². The van der Waals surface area contributed by atoms with E-state index in [4.69, 9.17) is 0 Å². The first-order valence-corrected chi connectivity index (χ1v) is 58.5. The van der Waals surface area contributed by atoms with E-state index in [0.717, 1.165) is 0 Å². The van der Waals surface area contributed by atoms with Crippen LogP contribution in [0.2, 0.25) is 177 Å². The average Bonchev–Trinajstić information content (AvgIpc) is 3.25. The minimum atomic E-state index is -3.29. The summed E-state index contributed by atoms with van der Waals surface area (Å²) in [7, 11) is -20.6. The molecule has 0 radical (unpaired) electrons. The minimum absolute atomic E-state index is 0. The zero-order valence-electron chi connectivity index (χ0n) is 49.6. The van der Waals surface area contributed by atoms with Crippen molar-refractivity contribution in [3.63, 3.8) is 0 Å². The molecule has 4 rings (SSSR count). The van der Waals surface area contributed by atoms with Crippen LogP contribution in [0, 0.1) is 27.7 Å². The fourth-order valence-electron chi connectivity index (χ4n) is 10.9. The van der Waals surface area contributed by atoms with E-state index in [1.807, 2.05) is 31.1 Å². The summed E-state index contributed by atoms with van der Waals surface area (Å²) >= 11 is 0. The van der Waals surface area contributed by atoms with E-state index in [0.29, 0.717) is 0 Å². The molecule has 68 heavy (non-hydrogen) atoms. The monoisotopic (exact) mass is 1180 g/mol. The Hall–Kier alpha value is 0.763. The molecule has 0 aliphatic rings. The number of hydrogen-bond acceptors (Lipinski definition) is 0. The SMILES string of the molecule is Cc1c(C)c(C)[c-]([Si](c2cc([Si](C)(C)C)cc([Si](C)(C)C)c2[Si](C)(C)C)(c2cc([Si](C)(C)C)cc([Si](C)(C)C)c2[Si](C)(C)C)c2cc([Si](C)(C)C)cc([Si](C)(C)C)c2[Si](C)(C)C)c1C.[Cl-].[Cl-].[Cl-].[Ti+4]. The molecule has 4 aromatic rings. The summed E-state index contributed by atoms with van der Waals surface area (Å²) in [5.41, 5.74) is 6.27. The maximum Gasteiger partial charge on any atom is 4.00 e. The second-order valence-corrected chi connectivity index (χ2v) is 78.7. The normalized spacial score (nSPS) is 13.6. The van der Waals surface area contributed by atoms with Gasteiger partial charge in [-0.1, -0.05) is 303 Å². The molecule has 0 atom stereocenters. The Morgan fingerprint density at radius 1 is 0.265 bits per heavy atom. The van der Waals surface area contributed by atoms with Crippen LogP contribution in [0.4, 0.5) is 0 Å². The van der Waals surface area contributed by atoms with Crippen molar-refractivity contribution in [2.24, 2.45) is 0 Å². The van der Waals surface area contributed by atoms with Gasteiger partial charge in [0.1, 0.15) is 8.07 Å². The van der Waals surface area contributed by atoms with Crippen molar-refractivity contribution in [2.75, 3.05) is 0 Å². The van der Waals surface area contributed by atoms with Crippen LogP contribution in [0.3, 0.4) is 0 Å². The molecule has 4 aromatic carbocycles. The van der Waals surface area contributed by atoms with Crippen LogP contribution in [0.5, 0.6) is 0 Å². The second kappa shape index (κ2) is 21.8. The standard InChI is InChI=1S/C54H99Si10.3ClH.Ti/c1-38-39(2)41(4)51(40(38)3)64(48-35-42(55(5,6)7)32-45(58(14,15)16)52(48)61(23,24)25,49-36-43(56(8,9)10)33-46(59(17,18)19)53(49)62(26,27)28)50-37-44(57(11,12)13)34-47(60(20,21)22)54(50)63(29,30)31;;;;/h32-37H,1-31H3;3*1H;/q-1;;;;+4/p-3. The predicted octanol–water partition coefficient (Wildman–Crippen LogP) is -0.0671. The van der Waals surface area contributed by atoms with Crippen molar-refractivity contribution < 1.29 is 58.9 Å². The van der Waals surface area contributed by atoms with Crippen LogP contribution < -0.4 is 105 Å². The van der Waals surface area contributed by atoms with E-state index >= 15 is 0 Å². The summed E-state index contributed by atoms with van der Waals surface area (Å²) in [5, 5.41) is 23.3. The summed E-state index contributed by atoms with van der Waals surface area (Å²) < 4.78 is 0. The van der Waals surface area contributed by atoms with Gasteiger partial charge < -0.3 is 37.2 Å². The molecule has 0 aliphatic heterocycles. The minimum Gasteiger partial charge on any atom is -1.00 e. The number of halogens is 3. The van der Waals surface area contributed by atoms with Crippen LogP contribution in [-0.4, -0.2) is 80.7 Å². The fraction of sp³-hybridized carbons (Fsp3) is 0.574. The molecular weight excluding hydrogens is 1080 g/mol. The number of hydrogen-bond donors (Lipinski definition) is 0. The van der Waals surface area contributed by atoms with Gasteiger partial charge in [-0.15, -0.1) is 5.19 Å². The van der Waals surface area contributed by atoms with Crippen LogP contribution in [0.1, 0.15) is 22.3 Å². The van der Waals surface area contributed by atoms with E-state index in [1.165, 1.54) is 11.1 Å². The van der Waals surface area contributed by atoms with Gasteiger partial charge in [0.25, 0.3) is 0 Å². The quantitative estimate of drug-likeness (QED) is 0.100. The predicted molar refractivity (Wildman–Crippen MR) is 331 cm³/mol. The van der Waals surface area contributed by atoms with Crippen LogP contribution >= 0.6 is 0 Å². The summed E-state index contributed by atoms with van der Waals surface area (Å²) in [6, 6.07) is 17.5. The maximum atomic E-state index is 3.00. The molecule has 0 amide bonds. The van der Waals surface area contributed by atoms with Gasteiger partial charge in [-0.05, 0) is 0 Å². The second-order valence-electron chi connectivity index (χ2n) is 29.7. The molecule has 0 unspecified atom stereocenters. The molecule has 0 fully saturated rings. The molecule has 0 N–H and O–H groups in total. The van der Waals surface area contributed by atoms with Crippen LogP contribution in [0.15, 0.2) is 36.4 Å². The van der Waals surface area contributed by atoms with Gasteiger partial charge >= 0.3 is 21.7 Å². The van der Waals surface area contributed by atoms with Gasteiger partial charge in [-0.2, -0.15) is 22.3 Å². The zero-order chi connectivity index (χ0) is 50.1. The largest absolute Gasteiger partial charge is 4.00 e. The van der Waals surface area contributed by atoms with Gasteiger partial charge in [0.05, 0.1) is 72.7 Å². The molecule has 0 saturated heterocycles. The molecule has 0 nitrogen and oxygen atoms in total. The summed E-state index contributed by atoms with van der Waals surface area (Å²) in [6.07, 6.45) is 0. The van der Waals surface area contributed by atoms with E-state index < -0.39 is 80.7 Å². The van der Waals surface area contributed by atoms with Crippen molar-refractivity contribution in [1.82, 2.24) is 0 Å². The first-order valence-electron chi connectivity index (χ1n) is 25.0. The molecule has 0 spiro atoms. The third-order valence-corrected chi connectivity index (χ3v) is 39.5. The van der Waals surface area contributed by atoms with E-state index in [-0.39, 0.29) is 58.9 Å². The van der Waals surface area contributed by atoms with Gasteiger partial charge in [0.15, 0.2) is 0 Å². The van der Waals surface area contributed by atoms with Crippen molar-refractivity contribution in [1.29, 1.82) is 0 Å². The van der Waals surface area contributed by atoms with Gasteiger partial charge in [0, 0.05) is 0 Å². The van der Waals surface area contributed by atoms with Crippen molar-refractivity contribution in [3.05, 3.63) is 58.7 Å². The third kappa shape index (κ3) is 13.4. The van der Waals surface area contributed by atoms with Crippen LogP contribution in [0.25, 0.3) is 0 Å². The summed E-state index contributed by atoms with van der Waals surface area (Å²) in [6.45, 7) is 82.8. The van der Waals surface area contributed by atoms with Crippen LogP contribution in [-0.2, 0) is 21.7 Å². The molecule has 0 aliphatic carbocycles. The number of benzene rings is 3. The summed E-state index contributed by atoms with van der Waals surface area (Å²) in [4.78, 5) is 0. The first kappa shape index (κ1) is 68.8. The zero-order valence-corrected chi connectivity index (χ0v) is 63.4. The van der Waals surface area contributed by atoms with Gasteiger partial charge in [-0.25, -0.2) is 0 Å². The molecule has 0 heterocycles. The van der Waals surface area contributed by atoms with E-state index in [1.54, 1.807) is 47.4 Å². The molecule has 0 aromatic heterocycles.